The maximum atomic E-state index is 12.0. The van der Waals surface area contributed by atoms with E-state index in [2.05, 4.69) is 20.9 Å². The van der Waals surface area contributed by atoms with E-state index >= 15 is 0 Å². The Labute approximate surface area is 116 Å². The minimum atomic E-state index is -0.0161. The van der Waals surface area contributed by atoms with E-state index in [0.717, 1.165) is 49.4 Å². The van der Waals surface area contributed by atoms with Crippen LogP contribution in [0.1, 0.15) is 30.0 Å². The van der Waals surface area contributed by atoms with Gasteiger partial charge in [0.2, 0.25) is 0 Å². The number of H-pyrrole nitrogens is 2. The first-order valence-corrected chi connectivity index (χ1v) is 7.34. The topological polar surface area (TPSA) is 61.1 Å². The number of nitrogens with zero attached hydrogens (tertiary/aromatic N) is 1. The molecule has 1 aliphatic heterocycles. The number of hydrogen-bond donors (Lipinski definition) is 2. The highest BCUT2D eigenvalue weighted by atomic mass is 16.5. The van der Waals surface area contributed by atoms with Crippen molar-refractivity contribution in [3.05, 3.63) is 33.9 Å². The van der Waals surface area contributed by atoms with Gasteiger partial charge < -0.3 is 14.7 Å². The average molecular weight is 273 g/mol. The second-order valence-corrected chi connectivity index (χ2v) is 5.82. The molecule has 0 bridgehead atoms. The lowest BCUT2D eigenvalue weighted by Gasteiger charge is -2.25. The zero-order valence-corrected chi connectivity index (χ0v) is 11.4. The summed E-state index contributed by atoms with van der Waals surface area (Å²) < 4.78 is 5.37. The van der Waals surface area contributed by atoms with Crippen molar-refractivity contribution >= 4 is 10.9 Å². The summed E-state index contributed by atoms with van der Waals surface area (Å²) in [6, 6.07) is 2.16. The van der Waals surface area contributed by atoms with Crippen LogP contribution in [0.3, 0.4) is 0 Å². The van der Waals surface area contributed by atoms with Crippen LogP contribution in [0.15, 0.2) is 17.1 Å². The van der Waals surface area contributed by atoms with Crippen molar-refractivity contribution < 1.29 is 4.74 Å². The van der Waals surface area contributed by atoms with Crippen LogP contribution in [0, 0.1) is 0 Å². The van der Waals surface area contributed by atoms with Gasteiger partial charge in [-0.2, -0.15) is 0 Å². The number of fused-ring (bicyclic) bond motifs is 1. The lowest BCUT2D eigenvalue weighted by molar-refractivity contribution is 0.0337. The summed E-state index contributed by atoms with van der Waals surface area (Å²) in [5.41, 5.74) is 3.14. The molecule has 3 heterocycles. The lowest BCUT2D eigenvalue weighted by atomic mass is 10.1. The van der Waals surface area contributed by atoms with Gasteiger partial charge in [-0.3, -0.25) is 9.69 Å². The fourth-order valence-electron chi connectivity index (χ4n) is 3.03. The molecule has 0 amide bonds. The van der Waals surface area contributed by atoms with Crippen LogP contribution >= 0.6 is 0 Å². The van der Waals surface area contributed by atoms with Gasteiger partial charge in [-0.15, -0.1) is 0 Å². The predicted molar refractivity (Wildman–Crippen MR) is 77.0 cm³/mol. The Kier molecular flexibility index (Phi) is 2.89. The number of aromatic nitrogens is 2. The van der Waals surface area contributed by atoms with Crippen molar-refractivity contribution in [3.8, 4) is 0 Å². The van der Waals surface area contributed by atoms with E-state index in [1.807, 2.05) is 6.20 Å². The first kappa shape index (κ1) is 12.2. The molecule has 0 spiro atoms. The van der Waals surface area contributed by atoms with Gasteiger partial charge in [0, 0.05) is 36.9 Å². The number of ether oxygens (including phenoxy) is 1. The number of nitrogens with one attached hydrogen (secondary N) is 2. The van der Waals surface area contributed by atoms with Crippen LogP contribution < -0.4 is 5.56 Å². The molecule has 106 valence electrons. The van der Waals surface area contributed by atoms with E-state index < -0.39 is 0 Å². The Morgan fingerprint density at radius 2 is 2.10 bits per heavy atom. The Bertz CT molecular complexity index is 678. The molecule has 4 rings (SSSR count). The molecule has 2 aliphatic rings. The van der Waals surface area contributed by atoms with Gasteiger partial charge in [0.05, 0.1) is 13.2 Å². The highest BCUT2D eigenvalue weighted by Gasteiger charge is 2.26. The summed E-state index contributed by atoms with van der Waals surface area (Å²) in [4.78, 5) is 20.5. The second kappa shape index (κ2) is 4.75. The van der Waals surface area contributed by atoms with Crippen molar-refractivity contribution in [2.24, 2.45) is 0 Å². The van der Waals surface area contributed by atoms with Crippen molar-refractivity contribution in [2.75, 3.05) is 26.3 Å². The van der Waals surface area contributed by atoms with Crippen LogP contribution in [0.2, 0.25) is 0 Å². The van der Waals surface area contributed by atoms with E-state index in [4.69, 9.17) is 4.74 Å². The molecule has 0 radical (unpaired) electrons. The maximum absolute atomic E-state index is 12.0. The van der Waals surface area contributed by atoms with Crippen LogP contribution in [-0.2, 0) is 11.3 Å². The van der Waals surface area contributed by atoms with Gasteiger partial charge in [0.15, 0.2) is 0 Å². The van der Waals surface area contributed by atoms with Crippen molar-refractivity contribution in [1.82, 2.24) is 14.9 Å². The van der Waals surface area contributed by atoms with Gasteiger partial charge >= 0.3 is 0 Å². The molecule has 2 aromatic heterocycles. The molecule has 1 aliphatic carbocycles. The molecule has 1 saturated carbocycles. The number of morpholine rings is 1. The van der Waals surface area contributed by atoms with Gasteiger partial charge in [-0.1, -0.05) is 0 Å². The number of hydrogen-bond acceptors (Lipinski definition) is 3. The maximum Gasteiger partial charge on any atom is 0.272 e. The Balaban J connectivity index is 1.68. The summed E-state index contributed by atoms with van der Waals surface area (Å²) in [7, 11) is 0. The fraction of sp³-hybridized carbons (Fsp3) is 0.533. The third kappa shape index (κ3) is 2.17. The van der Waals surface area contributed by atoms with Crippen LogP contribution in [0.4, 0.5) is 0 Å². The predicted octanol–water partition coefficient (Wildman–Crippen LogP) is 1.57. The van der Waals surface area contributed by atoms with Crippen molar-refractivity contribution in [1.29, 1.82) is 0 Å². The molecular weight excluding hydrogens is 254 g/mol. The smallest absolute Gasteiger partial charge is 0.272 e. The Morgan fingerprint density at radius 3 is 2.85 bits per heavy atom. The largest absolute Gasteiger partial charge is 0.379 e. The molecule has 2 N–H and O–H groups in total. The number of pyridine rings is 1. The summed E-state index contributed by atoms with van der Waals surface area (Å²) in [5, 5.41) is 1.11. The molecule has 20 heavy (non-hydrogen) atoms. The highest BCUT2D eigenvalue weighted by Crippen LogP contribution is 2.42. The molecule has 5 nitrogen and oxygen atoms in total. The van der Waals surface area contributed by atoms with Crippen molar-refractivity contribution in [2.45, 2.75) is 25.3 Å². The van der Waals surface area contributed by atoms with E-state index in [1.165, 1.54) is 18.4 Å². The number of aromatic amines is 2. The van der Waals surface area contributed by atoms with Crippen molar-refractivity contribution in [3.63, 3.8) is 0 Å². The minimum Gasteiger partial charge on any atom is -0.379 e. The van der Waals surface area contributed by atoms with Crippen LogP contribution in [0.5, 0.6) is 0 Å². The average Bonchev–Trinajstić information content (AvgIpc) is 3.21. The monoisotopic (exact) mass is 273 g/mol. The lowest BCUT2D eigenvalue weighted by Crippen LogP contribution is -2.35. The van der Waals surface area contributed by atoms with E-state index in [9.17, 15) is 4.79 Å². The third-order valence-electron chi connectivity index (χ3n) is 4.29. The molecule has 0 aromatic carbocycles. The highest BCUT2D eigenvalue weighted by molar-refractivity contribution is 5.83. The zero-order chi connectivity index (χ0) is 13.5. The SMILES string of the molecule is O=c1[nH]cc(C2CC2)c2cc(CN3CCOCC3)[nH]c12. The third-order valence-corrected chi connectivity index (χ3v) is 4.29. The van der Waals surface area contributed by atoms with Gasteiger partial charge in [0.25, 0.3) is 5.56 Å². The first-order chi connectivity index (χ1) is 9.81. The molecule has 2 aromatic rings. The molecule has 5 heteroatoms. The van der Waals surface area contributed by atoms with E-state index in [0.29, 0.717) is 5.92 Å². The van der Waals surface area contributed by atoms with Crippen LogP contribution in [0.25, 0.3) is 10.9 Å². The Morgan fingerprint density at radius 1 is 1.30 bits per heavy atom. The Hall–Kier alpha value is -1.59. The molecule has 0 atom stereocenters. The van der Waals surface area contributed by atoms with E-state index in [-0.39, 0.29) is 5.56 Å². The van der Waals surface area contributed by atoms with E-state index in [1.54, 1.807) is 0 Å². The van der Waals surface area contributed by atoms with Gasteiger partial charge in [-0.05, 0) is 30.4 Å². The molecular formula is C15H19N3O2. The quantitative estimate of drug-likeness (QED) is 0.892. The van der Waals surface area contributed by atoms with Gasteiger partial charge in [0.1, 0.15) is 5.52 Å². The summed E-state index contributed by atoms with van der Waals surface area (Å²) in [6.07, 6.45) is 4.38. The van der Waals surface area contributed by atoms with Crippen LogP contribution in [-0.4, -0.2) is 41.2 Å². The zero-order valence-electron chi connectivity index (χ0n) is 11.4. The normalized spacial score (nSPS) is 20.6. The standard InChI is InChI=1S/C15H19N3O2/c19-15-14-12(13(8-16-15)10-1-2-10)7-11(17-14)9-18-3-5-20-6-4-18/h7-8,10,17H,1-6,9H2,(H,16,19). The second-order valence-electron chi connectivity index (χ2n) is 5.82. The summed E-state index contributed by atoms with van der Waals surface area (Å²) in [5.74, 6) is 0.640. The minimum absolute atomic E-state index is 0.0161. The molecule has 0 unspecified atom stereocenters. The fourth-order valence-corrected chi connectivity index (χ4v) is 3.03. The number of rotatable bonds is 3. The molecule has 1 saturated heterocycles. The van der Waals surface area contributed by atoms with Gasteiger partial charge in [-0.25, -0.2) is 0 Å². The summed E-state index contributed by atoms with van der Waals surface area (Å²) in [6.45, 7) is 4.38. The first-order valence-electron chi connectivity index (χ1n) is 7.34. The molecule has 2 fully saturated rings. The summed E-state index contributed by atoms with van der Waals surface area (Å²) >= 11 is 0.